The molecule has 11 nitrogen and oxygen atoms in total. The van der Waals surface area contributed by atoms with E-state index in [-0.39, 0.29) is 61.1 Å². The van der Waals surface area contributed by atoms with Gasteiger partial charge in [0.1, 0.15) is 24.0 Å². The van der Waals surface area contributed by atoms with Gasteiger partial charge in [-0.1, -0.05) is 94.1 Å². The molecule has 2 unspecified atom stereocenters. The molecule has 0 radical (unpaired) electrons. The number of Topliss-reactive ketones (excluding diaryl/α,β-unsaturated/α-hetero) is 2. The van der Waals surface area contributed by atoms with Gasteiger partial charge in [0.05, 0.1) is 17.0 Å². The van der Waals surface area contributed by atoms with Crippen LogP contribution in [0.2, 0.25) is 10.0 Å². The van der Waals surface area contributed by atoms with E-state index in [1.165, 1.54) is 6.92 Å². The number of carbonyl (C=O) groups excluding carboxylic acids is 4. The number of nitrogens with zero attached hydrogens (tertiary/aromatic N) is 2. The Balaban J connectivity index is 1.48. The van der Waals surface area contributed by atoms with E-state index in [2.05, 4.69) is 25.8 Å². The molecule has 0 bridgehead atoms. The van der Waals surface area contributed by atoms with Gasteiger partial charge in [0.15, 0.2) is 5.78 Å². The Morgan fingerprint density at radius 3 is 2.45 bits per heavy atom. The van der Waals surface area contributed by atoms with Crippen molar-refractivity contribution in [2.75, 3.05) is 0 Å². The molecule has 5 atom stereocenters. The molecule has 0 aliphatic heterocycles. The molecule has 5 rings (SSSR count). The minimum atomic E-state index is -1.36. The number of fused-ring (bicyclic) bond motifs is 3. The maximum absolute atomic E-state index is 14.9. The highest BCUT2D eigenvalue weighted by molar-refractivity contribution is 6.38. The van der Waals surface area contributed by atoms with E-state index in [4.69, 9.17) is 32.4 Å². The Morgan fingerprint density at radius 2 is 1.76 bits per heavy atom. The second-order valence-electron chi connectivity index (χ2n) is 13.7. The number of alkyl carbamates (subject to hydrolysis) is 1. The van der Waals surface area contributed by atoms with Crippen molar-refractivity contribution in [2.45, 2.75) is 104 Å². The molecule has 0 spiro atoms. The molecule has 4 aromatic rings. The predicted molar refractivity (Wildman–Crippen MR) is 195 cm³/mol. The summed E-state index contributed by atoms with van der Waals surface area (Å²) in [6.45, 7) is 9.30. The van der Waals surface area contributed by atoms with Crippen molar-refractivity contribution in [3.63, 3.8) is 0 Å². The number of ether oxygens (including phenoxy) is 1. The van der Waals surface area contributed by atoms with E-state index < -0.39 is 29.5 Å². The van der Waals surface area contributed by atoms with Crippen LogP contribution in [0.3, 0.4) is 0 Å². The molecule has 0 saturated carbocycles. The summed E-state index contributed by atoms with van der Waals surface area (Å²) >= 11 is 13.0. The van der Waals surface area contributed by atoms with Crippen LogP contribution in [0.25, 0.3) is 10.9 Å². The molecule has 51 heavy (non-hydrogen) atoms. The van der Waals surface area contributed by atoms with Gasteiger partial charge in [0, 0.05) is 34.9 Å². The lowest BCUT2D eigenvalue weighted by atomic mass is 9.73. The molecule has 2 amide bonds. The average molecular weight is 739 g/mol. The van der Waals surface area contributed by atoms with Crippen molar-refractivity contribution >= 4 is 57.7 Å². The molecule has 1 aliphatic carbocycles. The van der Waals surface area contributed by atoms with Crippen LogP contribution in [0.1, 0.15) is 94.8 Å². The first-order valence-corrected chi connectivity index (χ1v) is 18.2. The number of H-pyrrole nitrogens is 1. The smallest absolute Gasteiger partial charge is 0.408 e. The lowest BCUT2D eigenvalue weighted by Gasteiger charge is -2.39. The van der Waals surface area contributed by atoms with E-state index in [0.717, 1.165) is 28.6 Å². The maximum Gasteiger partial charge on any atom is 0.408 e. The molecule has 2 aromatic heterocycles. The van der Waals surface area contributed by atoms with Gasteiger partial charge in [-0.3, -0.25) is 14.4 Å². The highest BCUT2D eigenvalue weighted by Gasteiger charge is 2.46. The van der Waals surface area contributed by atoms with Crippen LogP contribution >= 0.6 is 23.2 Å². The normalized spacial score (nSPS) is 17.9. The summed E-state index contributed by atoms with van der Waals surface area (Å²) in [5.41, 5.74) is 1.92. The monoisotopic (exact) mass is 737 g/mol. The van der Waals surface area contributed by atoms with Gasteiger partial charge in [-0.05, 0) is 54.9 Å². The second-order valence-corrected chi connectivity index (χ2v) is 14.6. The average Bonchev–Trinajstić information content (AvgIpc) is 3.72. The summed E-state index contributed by atoms with van der Waals surface area (Å²) < 4.78 is 11.4. The third-order valence-corrected chi connectivity index (χ3v) is 10.6. The van der Waals surface area contributed by atoms with Crippen LogP contribution in [0.15, 0.2) is 46.9 Å². The molecular weight excluding hydrogens is 693 g/mol. The fourth-order valence-corrected chi connectivity index (χ4v) is 7.25. The Labute approximate surface area is 307 Å². The Morgan fingerprint density at radius 1 is 1.04 bits per heavy atom. The van der Waals surface area contributed by atoms with E-state index >= 15 is 0 Å². The van der Waals surface area contributed by atoms with Gasteiger partial charge in [0.25, 0.3) is 0 Å². The second kappa shape index (κ2) is 16.4. The van der Waals surface area contributed by atoms with E-state index in [0.29, 0.717) is 34.8 Å². The van der Waals surface area contributed by atoms with Gasteiger partial charge in [-0.15, -0.1) is 10.2 Å². The van der Waals surface area contributed by atoms with Gasteiger partial charge in [-0.2, -0.15) is 0 Å². The number of hydrogen-bond acceptors (Lipinski definition) is 8. The summed E-state index contributed by atoms with van der Waals surface area (Å²) in [6, 6.07) is 11.7. The number of nitrogens with one attached hydrogen (secondary N) is 3. The van der Waals surface area contributed by atoms with Crippen LogP contribution < -0.4 is 10.6 Å². The van der Waals surface area contributed by atoms with Gasteiger partial charge in [0.2, 0.25) is 17.7 Å². The van der Waals surface area contributed by atoms with Crippen molar-refractivity contribution in [2.24, 2.45) is 11.8 Å². The highest BCUT2D eigenvalue weighted by Crippen LogP contribution is 2.40. The molecule has 0 fully saturated rings. The van der Waals surface area contributed by atoms with Gasteiger partial charge < -0.3 is 24.8 Å². The van der Waals surface area contributed by atoms with Crippen molar-refractivity contribution in [1.82, 2.24) is 25.8 Å². The number of rotatable bonds is 15. The quantitative estimate of drug-likeness (QED) is 0.114. The molecule has 13 heteroatoms. The zero-order chi connectivity index (χ0) is 36.9. The number of amides is 2. The number of aromatic amines is 1. The van der Waals surface area contributed by atoms with Crippen LogP contribution in [0.4, 0.5) is 4.79 Å². The Kier molecular flexibility index (Phi) is 12.2. The predicted octanol–water partition coefficient (Wildman–Crippen LogP) is 7.46. The molecule has 2 aromatic carbocycles. The van der Waals surface area contributed by atoms with Crippen LogP contribution in [0, 0.1) is 11.8 Å². The minimum absolute atomic E-state index is 0.000408. The topological polar surface area (TPSA) is 156 Å². The van der Waals surface area contributed by atoms with Crippen molar-refractivity contribution in [3.05, 3.63) is 81.1 Å². The van der Waals surface area contributed by atoms with Crippen LogP contribution in [-0.4, -0.2) is 50.3 Å². The zero-order valence-electron chi connectivity index (χ0n) is 29.6. The van der Waals surface area contributed by atoms with E-state index in [9.17, 15) is 19.2 Å². The summed E-state index contributed by atoms with van der Waals surface area (Å²) in [5.74, 6) is -1.13. The molecule has 1 aliphatic rings. The highest BCUT2D eigenvalue weighted by atomic mass is 35.5. The molecule has 3 N–H and O–H groups in total. The zero-order valence-corrected chi connectivity index (χ0v) is 31.1. The number of aryl methyl sites for hydroxylation is 1. The summed E-state index contributed by atoms with van der Waals surface area (Å²) in [6.07, 6.45) is 1.47. The lowest BCUT2D eigenvalue weighted by molar-refractivity contribution is -0.134. The fourth-order valence-electron chi connectivity index (χ4n) is 6.71. The molecule has 2 heterocycles. The standard InChI is InChI=1S/C38H45Cl2N5O6/c1-6-21(3)26(36-45-44-32(51-36)15-23(5)46)18-31(47)38(14-13-30-28(19-38)27-16-25(39)17-29(40)34(27)41-30)43-35(48)33(22(4)7-2)42-37(49)50-20-24-11-9-8-10-12-24/h8-12,16-17,21-22,26,33,41H,6-7,13-15,18-20H2,1-5H3,(H,42,49)(H,43,48)/t21?,22?,26-,33-,38+/m0/s1. The SMILES string of the molecule is CCC(C)[C@H](NC(=O)OCc1ccccc1)C(=O)N[C@]1(C(=O)C[C@H](c2nnc(CC(C)=O)o2)C(C)CC)CCc2[nH]c3c(Cl)cc(Cl)cc3c2C1. The number of carbonyl (C=O) groups is 4. The van der Waals surface area contributed by atoms with Gasteiger partial charge >= 0.3 is 6.09 Å². The van der Waals surface area contributed by atoms with Crippen molar-refractivity contribution in [3.8, 4) is 0 Å². The first-order chi connectivity index (χ1) is 24.3. The first-order valence-electron chi connectivity index (χ1n) is 17.5. The number of hydrogen-bond donors (Lipinski definition) is 3. The Hall–Kier alpha value is -4.22. The van der Waals surface area contributed by atoms with Crippen LogP contribution in [-0.2, 0) is 45.0 Å². The fraction of sp³-hybridized carbons (Fsp3) is 0.474. The molecule has 272 valence electrons. The third-order valence-electron chi connectivity index (χ3n) is 10.1. The lowest BCUT2D eigenvalue weighted by Crippen LogP contribution is -2.62. The molecular formula is C38H45Cl2N5O6. The maximum atomic E-state index is 14.9. The van der Waals surface area contributed by atoms with E-state index in [1.54, 1.807) is 6.07 Å². The van der Waals surface area contributed by atoms with Crippen molar-refractivity contribution < 1.29 is 28.3 Å². The third kappa shape index (κ3) is 8.81. The largest absolute Gasteiger partial charge is 0.445 e. The summed E-state index contributed by atoms with van der Waals surface area (Å²) in [7, 11) is 0. The molecule has 0 saturated heterocycles. The minimum Gasteiger partial charge on any atom is -0.445 e. The van der Waals surface area contributed by atoms with Crippen molar-refractivity contribution in [1.29, 1.82) is 0 Å². The first kappa shape index (κ1) is 38.0. The Bertz CT molecular complexity index is 1890. The number of ketones is 2. The van der Waals surface area contributed by atoms with E-state index in [1.807, 2.05) is 64.1 Å². The number of benzene rings is 2. The van der Waals surface area contributed by atoms with Gasteiger partial charge in [-0.25, -0.2) is 4.79 Å². The number of aromatic nitrogens is 3. The number of halogens is 2. The van der Waals surface area contributed by atoms with Crippen LogP contribution in [0.5, 0.6) is 0 Å². The summed E-state index contributed by atoms with van der Waals surface area (Å²) in [4.78, 5) is 57.4. The summed E-state index contributed by atoms with van der Waals surface area (Å²) in [5, 5.41) is 15.9.